The van der Waals surface area contributed by atoms with Crippen molar-refractivity contribution in [3.05, 3.63) is 74.9 Å². The van der Waals surface area contributed by atoms with E-state index in [0.29, 0.717) is 5.58 Å². The average Bonchev–Trinajstić information content (AvgIpc) is 3.11. The molecule has 0 radical (unpaired) electrons. The highest BCUT2D eigenvalue weighted by Crippen LogP contribution is 2.30. The molecule has 4 aromatic rings. The molecule has 0 bridgehead atoms. The lowest BCUT2D eigenvalue weighted by Gasteiger charge is -2.03. The fourth-order valence-electron chi connectivity index (χ4n) is 2.43. The summed E-state index contributed by atoms with van der Waals surface area (Å²) in [5.74, 6) is -0.678. The number of anilines is 2. The van der Waals surface area contributed by atoms with E-state index < -0.39 is 16.4 Å². The summed E-state index contributed by atoms with van der Waals surface area (Å²) in [7, 11) is 0. The Bertz CT molecular complexity index is 1240. The molecule has 0 aliphatic carbocycles. The number of fused-ring (bicyclic) bond motifs is 1. The van der Waals surface area contributed by atoms with Gasteiger partial charge in [0, 0.05) is 17.5 Å². The summed E-state index contributed by atoms with van der Waals surface area (Å²) in [4.78, 5) is 22.4. The van der Waals surface area contributed by atoms with Crippen LogP contribution in [0.1, 0.15) is 0 Å². The molecular weight excluding hydrogens is 375 g/mol. The number of hydrogen-bond donors (Lipinski definition) is 1. The molecule has 8 nitrogen and oxygen atoms in total. The summed E-state index contributed by atoms with van der Waals surface area (Å²) in [6, 6.07) is 11.8. The number of para-hydroxylation sites is 1. The van der Waals surface area contributed by atoms with Crippen LogP contribution in [0.25, 0.3) is 21.5 Å². The van der Waals surface area contributed by atoms with Crippen LogP contribution in [0.4, 0.5) is 20.9 Å². The normalized spacial score (nSPS) is 10.9. The fourth-order valence-corrected chi connectivity index (χ4v) is 3.19. The molecule has 4 rings (SSSR count). The van der Waals surface area contributed by atoms with E-state index >= 15 is 0 Å². The predicted molar refractivity (Wildman–Crippen MR) is 97.7 cm³/mol. The predicted octanol–water partition coefficient (Wildman–Crippen LogP) is 4.10. The second-order valence-electron chi connectivity index (χ2n) is 5.44. The molecule has 0 saturated carbocycles. The summed E-state index contributed by atoms with van der Waals surface area (Å²) in [5, 5.41) is 22.5. The number of aromatic nitrogens is 2. The number of nitrogens with zero attached hydrogens (tertiary/aromatic N) is 3. The molecule has 1 N–H and O–H groups in total. The van der Waals surface area contributed by atoms with Gasteiger partial charge in [0.25, 0.3) is 5.69 Å². The molecule has 0 amide bonds. The van der Waals surface area contributed by atoms with Gasteiger partial charge in [0.15, 0.2) is 5.01 Å². The third-order valence-electron chi connectivity index (χ3n) is 3.70. The molecule has 2 heterocycles. The molecule has 0 fully saturated rings. The van der Waals surface area contributed by atoms with Gasteiger partial charge in [-0.2, -0.15) is 0 Å². The molecule has 27 heavy (non-hydrogen) atoms. The maximum absolute atomic E-state index is 13.9. The van der Waals surface area contributed by atoms with Crippen LogP contribution >= 0.6 is 11.3 Å². The van der Waals surface area contributed by atoms with Crippen molar-refractivity contribution in [2.24, 2.45) is 0 Å². The third kappa shape index (κ3) is 3.25. The van der Waals surface area contributed by atoms with Crippen molar-refractivity contribution < 1.29 is 13.7 Å². The van der Waals surface area contributed by atoms with Crippen LogP contribution in [0.3, 0.4) is 0 Å². The highest BCUT2D eigenvalue weighted by atomic mass is 32.1. The first kappa shape index (κ1) is 16.8. The smallest absolute Gasteiger partial charge is 0.346 e. The number of nitrogens with one attached hydrogen (secondary N) is 1. The Kier molecular flexibility index (Phi) is 4.09. The Balaban J connectivity index is 1.69. The van der Waals surface area contributed by atoms with Crippen LogP contribution in [0.15, 0.2) is 57.7 Å². The zero-order valence-corrected chi connectivity index (χ0v) is 14.2. The number of benzene rings is 2. The molecule has 10 heteroatoms. The number of non-ortho nitro benzene ring substituents is 1. The minimum Gasteiger partial charge on any atom is -0.422 e. The Labute approximate surface area is 154 Å². The Morgan fingerprint density at radius 1 is 1.15 bits per heavy atom. The molecule has 0 unspecified atom stereocenters. The second-order valence-corrected chi connectivity index (χ2v) is 6.42. The largest absolute Gasteiger partial charge is 0.422 e. The number of nitro benzene ring substituents is 1. The lowest BCUT2D eigenvalue weighted by molar-refractivity contribution is -0.384. The second kappa shape index (κ2) is 6.57. The van der Waals surface area contributed by atoms with E-state index in [1.165, 1.54) is 0 Å². The molecular formula is C17H9FN4O4S. The van der Waals surface area contributed by atoms with Gasteiger partial charge in [-0.1, -0.05) is 29.5 Å². The van der Waals surface area contributed by atoms with Crippen LogP contribution < -0.4 is 10.9 Å². The minimum atomic E-state index is -0.678. The third-order valence-corrected chi connectivity index (χ3v) is 4.57. The van der Waals surface area contributed by atoms with Crippen LogP contribution in [0, 0.1) is 15.9 Å². The van der Waals surface area contributed by atoms with Gasteiger partial charge in [0.2, 0.25) is 5.13 Å². The van der Waals surface area contributed by atoms with E-state index in [4.69, 9.17) is 4.42 Å². The Morgan fingerprint density at radius 2 is 1.96 bits per heavy atom. The number of nitro groups is 1. The molecule has 0 saturated heterocycles. The molecule has 2 aromatic heterocycles. The summed E-state index contributed by atoms with van der Waals surface area (Å²) >= 11 is 0.997. The maximum Gasteiger partial charge on any atom is 0.346 e. The van der Waals surface area contributed by atoms with Gasteiger partial charge in [-0.05, 0) is 18.2 Å². The van der Waals surface area contributed by atoms with Crippen molar-refractivity contribution in [3.63, 3.8) is 0 Å². The van der Waals surface area contributed by atoms with Crippen molar-refractivity contribution in [2.75, 3.05) is 5.32 Å². The summed E-state index contributed by atoms with van der Waals surface area (Å²) in [5.41, 5.74) is -0.277. The summed E-state index contributed by atoms with van der Waals surface area (Å²) in [6.45, 7) is 0. The van der Waals surface area contributed by atoms with Crippen molar-refractivity contribution in [3.8, 4) is 10.6 Å². The highest BCUT2D eigenvalue weighted by Gasteiger charge is 2.16. The van der Waals surface area contributed by atoms with E-state index in [0.717, 1.165) is 34.9 Å². The summed E-state index contributed by atoms with van der Waals surface area (Å²) in [6.07, 6.45) is 0. The summed E-state index contributed by atoms with van der Waals surface area (Å²) < 4.78 is 19.2. The topological polar surface area (TPSA) is 111 Å². The van der Waals surface area contributed by atoms with Gasteiger partial charge in [-0.15, -0.1) is 10.2 Å². The number of rotatable bonds is 4. The Morgan fingerprint density at radius 3 is 2.78 bits per heavy atom. The van der Waals surface area contributed by atoms with E-state index in [1.807, 2.05) is 6.07 Å². The van der Waals surface area contributed by atoms with Crippen molar-refractivity contribution in [1.29, 1.82) is 0 Å². The van der Waals surface area contributed by atoms with Crippen LogP contribution in [-0.4, -0.2) is 15.1 Å². The number of hydrogen-bond acceptors (Lipinski definition) is 8. The van der Waals surface area contributed by atoms with Crippen LogP contribution in [-0.2, 0) is 0 Å². The molecule has 0 aliphatic rings. The average molecular weight is 384 g/mol. The molecule has 2 aromatic carbocycles. The van der Waals surface area contributed by atoms with E-state index in [2.05, 4.69) is 15.5 Å². The minimum absolute atomic E-state index is 0.113. The Hall–Kier alpha value is -3.66. The van der Waals surface area contributed by atoms with Crippen LogP contribution in [0.2, 0.25) is 0 Å². The zero-order chi connectivity index (χ0) is 19.0. The van der Waals surface area contributed by atoms with Crippen molar-refractivity contribution in [2.45, 2.75) is 0 Å². The van der Waals surface area contributed by atoms with Gasteiger partial charge in [0.05, 0.1) is 16.2 Å². The van der Waals surface area contributed by atoms with Crippen molar-refractivity contribution >= 4 is 38.8 Å². The van der Waals surface area contributed by atoms with Crippen LogP contribution in [0.5, 0.6) is 0 Å². The van der Waals surface area contributed by atoms with E-state index in [9.17, 15) is 19.3 Å². The first-order valence-electron chi connectivity index (χ1n) is 7.59. The van der Waals surface area contributed by atoms with Crippen molar-refractivity contribution in [1.82, 2.24) is 10.2 Å². The van der Waals surface area contributed by atoms with Gasteiger partial charge in [-0.3, -0.25) is 10.1 Å². The zero-order valence-electron chi connectivity index (χ0n) is 13.4. The fraction of sp³-hybridized carbons (Fsp3) is 0. The standard InChI is InChI=1S/C17H9FN4O4S/c18-12-6-5-10(22(24)25)8-13(12)19-17-21-20-15(27-17)11-7-9-3-1-2-4-14(9)26-16(11)23/h1-8H,(H,19,21). The highest BCUT2D eigenvalue weighted by molar-refractivity contribution is 7.18. The SMILES string of the molecule is O=c1oc2ccccc2cc1-c1nnc(Nc2cc([N+](=O)[O-])ccc2F)s1. The quantitative estimate of drug-likeness (QED) is 0.320. The first-order chi connectivity index (χ1) is 13.0. The van der Waals surface area contributed by atoms with E-state index in [-0.39, 0.29) is 27.1 Å². The lowest BCUT2D eigenvalue weighted by Crippen LogP contribution is -2.02. The van der Waals surface area contributed by atoms with Gasteiger partial charge < -0.3 is 9.73 Å². The molecule has 134 valence electrons. The van der Waals surface area contributed by atoms with E-state index in [1.54, 1.807) is 24.3 Å². The molecule has 0 spiro atoms. The molecule has 0 aliphatic heterocycles. The number of halogens is 1. The monoisotopic (exact) mass is 384 g/mol. The van der Waals surface area contributed by atoms with Gasteiger partial charge in [0.1, 0.15) is 11.4 Å². The van der Waals surface area contributed by atoms with Gasteiger partial charge in [-0.25, -0.2) is 9.18 Å². The first-order valence-corrected chi connectivity index (χ1v) is 8.40. The lowest BCUT2D eigenvalue weighted by atomic mass is 10.2. The molecule has 0 atom stereocenters. The van der Waals surface area contributed by atoms with Gasteiger partial charge >= 0.3 is 5.63 Å². The maximum atomic E-state index is 13.9.